The Labute approximate surface area is 141 Å². The van der Waals surface area contributed by atoms with E-state index in [-0.39, 0.29) is 0 Å². The number of morpholine rings is 1. The van der Waals surface area contributed by atoms with Gasteiger partial charge in [0.15, 0.2) is 0 Å². The normalized spacial score (nSPS) is 18.7. The first-order chi connectivity index (χ1) is 12.0. The predicted octanol–water partition coefficient (Wildman–Crippen LogP) is 3.55. The summed E-state index contributed by atoms with van der Waals surface area (Å²) in [5.41, 5.74) is 0.576. The van der Waals surface area contributed by atoms with E-state index in [1.165, 1.54) is 12.4 Å². The van der Waals surface area contributed by atoms with E-state index in [9.17, 15) is 13.2 Å². The number of alkyl halides is 3. The molecule has 1 unspecified atom stereocenters. The molecule has 0 radical (unpaired) electrons. The first kappa shape index (κ1) is 15.9. The fourth-order valence-corrected chi connectivity index (χ4v) is 3.07. The maximum atomic E-state index is 12.9. The molecule has 4 rings (SSSR count). The summed E-state index contributed by atoms with van der Waals surface area (Å²) < 4.78 is 44.5. The average Bonchev–Trinajstić information content (AvgIpc) is 3.10. The van der Waals surface area contributed by atoms with Crippen molar-refractivity contribution in [1.82, 2.24) is 15.0 Å². The number of anilines is 1. The molecule has 3 heterocycles. The van der Waals surface area contributed by atoms with Gasteiger partial charge in [0, 0.05) is 19.3 Å². The van der Waals surface area contributed by atoms with Gasteiger partial charge >= 0.3 is 6.18 Å². The van der Waals surface area contributed by atoms with Crippen molar-refractivity contribution in [2.75, 3.05) is 24.6 Å². The molecule has 1 N–H and O–H groups in total. The van der Waals surface area contributed by atoms with Gasteiger partial charge in [0.2, 0.25) is 0 Å². The van der Waals surface area contributed by atoms with Crippen LogP contribution in [0.1, 0.15) is 17.2 Å². The highest BCUT2D eigenvalue weighted by Crippen LogP contribution is 2.33. The Bertz CT molecular complexity index is 893. The van der Waals surface area contributed by atoms with Crippen molar-refractivity contribution in [3.8, 4) is 0 Å². The van der Waals surface area contributed by atoms with Crippen molar-refractivity contribution < 1.29 is 17.9 Å². The monoisotopic (exact) mass is 348 g/mol. The van der Waals surface area contributed by atoms with Gasteiger partial charge < -0.3 is 14.6 Å². The van der Waals surface area contributed by atoms with Gasteiger partial charge in [-0.15, -0.1) is 0 Å². The van der Waals surface area contributed by atoms with Gasteiger partial charge in [-0.25, -0.2) is 9.97 Å². The number of hydrogen-bond donors (Lipinski definition) is 1. The van der Waals surface area contributed by atoms with E-state index in [1.807, 2.05) is 11.0 Å². The lowest BCUT2D eigenvalue weighted by Gasteiger charge is -2.34. The summed E-state index contributed by atoms with van der Waals surface area (Å²) in [6, 6.07) is 7.18. The molecule has 1 aromatic carbocycles. The summed E-state index contributed by atoms with van der Waals surface area (Å²) >= 11 is 0. The molecule has 2 aromatic heterocycles. The molecule has 0 bridgehead atoms. The zero-order chi connectivity index (χ0) is 17.4. The Morgan fingerprint density at radius 1 is 1.20 bits per heavy atom. The number of benzene rings is 1. The van der Waals surface area contributed by atoms with E-state index < -0.39 is 17.8 Å². The standard InChI is InChI=1S/C17H15F3N4O/c18-17(19,20)12-3-1-2-11(8-12)14-9-24(6-7-25-14)16-13-4-5-21-15(13)22-10-23-16/h1-5,8,10,14H,6-7,9H2,(H,21,22,23). The van der Waals surface area contributed by atoms with E-state index in [0.29, 0.717) is 25.3 Å². The Morgan fingerprint density at radius 2 is 2.08 bits per heavy atom. The summed E-state index contributed by atoms with van der Waals surface area (Å²) in [6.45, 7) is 1.46. The van der Waals surface area contributed by atoms with Crippen LogP contribution < -0.4 is 4.90 Å². The van der Waals surface area contributed by atoms with Gasteiger partial charge in [-0.3, -0.25) is 0 Å². The van der Waals surface area contributed by atoms with Crippen molar-refractivity contribution >= 4 is 16.9 Å². The van der Waals surface area contributed by atoms with Gasteiger partial charge in [-0.2, -0.15) is 13.2 Å². The number of aromatic nitrogens is 3. The topological polar surface area (TPSA) is 54.0 Å². The fourth-order valence-electron chi connectivity index (χ4n) is 3.07. The highest BCUT2D eigenvalue weighted by atomic mass is 19.4. The molecule has 0 spiro atoms. The largest absolute Gasteiger partial charge is 0.416 e. The van der Waals surface area contributed by atoms with Gasteiger partial charge in [0.25, 0.3) is 0 Å². The molecule has 1 saturated heterocycles. The third-order valence-corrected chi connectivity index (χ3v) is 4.28. The third kappa shape index (κ3) is 3.05. The summed E-state index contributed by atoms with van der Waals surface area (Å²) in [6.07, 6.45) is -1.55. The first-order valence-corrected chi connectivity index (χ1v) is 7.84. The minimum Gasteiger partial charge on any atom is -0.370 e. The molecule has 1 fully saturated rings. The summed E-state index contributed by atoms with van der Waals surface area (Å²) in [5.74, 6) is 0.756. The second-order valence-electron chi connectivity index (χ2n) is 5.87. The maximum absolute atomic E-state index is 12.9. The number of nitrogens with zero attached hydrogens (tertiary/aromatic N) is 3. The maximum Gasteiger partial charge on any atom is 0.416 e. The molecule has 1 aliphatic heterocycles. The number of H-pyrrole nitrogens is 1. The van der Waals surface area contributed by atoms with E-state index in [2.05, 4.69) is 15.0 Å². The van der Waals surface area contributed by atoms with Crippen molar-refractivity contribution in [1.29, 1.82) is 0 Å². The lowest BCUT2D eigenvalue weighted by molar-refractivity contribution is -0.137. The van der Waals surface area contributed by atoms with Crippen LogP contribution >= 0.6 is 0 Å². The molecule has 1 atom stereocenters. The van der Waals surface area contributed by atoms with Crippen molar-refractivity contribution in [2.24, 2.45) is 0 Å². The minimum absolute atomic E-state index is 0.414. The number of halogens is 3. The molecule has 8 heteroatoms. The zero-order valence-corrected chi connectivity index (χ0v) is 13.1. The molecule has 25 heavy (non-hydrogen) atoms. The van der Waals surface area contributed by atoms with Crippen LogP contribution in [0.4, 0.5) is 19.0 Å². The fraction of sp³-hybridized carbons (Fsp3) is 0.294. The molecule has 0 amide bonds. The highest BCUT2D eigenvalue weighted by molar-refractivity contribution is 5.87. The number of aromatic amines is 1. The van der Waals surface area contributed by atoms with E-state index >= 15 is 0 Å². The molecular formula is C17H15F3N4O. The van der Waals surface area contributed by atoms with Gasteiger partial charge in [-0.1, -0.05) is 12.1 Å². The van der Waals surface area contributed by atoms with E-state index in [1.54, 1.807) is 12.3 Å². The quantitative estimate of drug-likeness (QED) is 0.769. The molecule has 0 saturated carbocycles. The second kappa shape index (κ2) is 6.03. The van der Waals surface area contributed by atoms with Crippen LogP contribution in [0.2, 0.25) is 0 Å². The Balaban J connectivity index is 1.62. The van der Waals surface area contributed by atoms with Gasteiger partial charge in [0.05, 0.1) is 17.6 Å². The van der Waals surface area contributed by atoms with Crippen molar-refractivity contribution in [2.45, 2.75) is 12.3 Å². The molecular weight excluding hydrogens is 333 g/mol. The van der Waals surface area contributed by atoms with E-state index in [4.69, 9.17) is 4.74 Å². The number of hydrogen-bond acceptors (Lipinski definition) is 4. The summed E-state index contributed by atoms with van der Waals surface area (Å²) in [7, 11) is 0. The molecule has 1 aliphatic rings. The summed E-state index contributed by atoms with van der Waals surface area (Å²) in [5, 5.41) is 0.882. The van der Waals surface area contributed by atoms with Crippen molar-refractivity contribution in [3.63, 3.8) is 0 Å². The van der Waals surface area contributed by atoms with E-state index in [0.717, 1.165) is 29.0 Å². The van der Waals surface area contributed by atoms with Crippen LogP contribution in [0, 0.1) is 0 Å². The van der Waals surface area contributed by atoms with Crippen LogP contribution in [0.25, 0.3) is 11.0 Å². The summed E-state index contributed by atoms with van der Waals surface area (Å²) in [4.78, 5) is 13.6. The average molecular weight is 348 g/mol. The lowest BCUT2D eigenvalue weighted by Crippen LogP contribution is -2.39. The smallest absolute Gasteiger partial charge is 0.370 e. The third-order valence-electron chi connectivity index (χ3n) is 4.28. The number of ether oxygens (including phenoxy) is 1. The van der Waals surface area contributed by atoms with Crippen LogP contribution in [0.5, 0.6) is 0 Å². The highest BCUT2D eigenvalue weighted by Gasteiger charge is 2.32. The number of nitrogens with one attached hydrogen (secondary N) is 1. The van der Waals surface area contributed by atoms with Crippen LogP contribution in [0.3, 0.4) is 0 Å². The molecule has 3 aromatic rings. The number of fused-ring (bicyclic) bond motifs is 1. The molecule has 0 aliphatic carbocycles. The predicted molar refractivity (Wildman–Crippen MR) is 86.2 cm³/mol. The minimum atomic E-state index is -4.37. The lowest BCUT2D eigenvalue weighted by atomic mass is 10.0. The molecule has 130 valence electrons. The Morgan fingerprint density at radius 3 is 2.92 bits per heavy atom. The Hall–Kier alpha value is -2.61. The van der Waals surface area contributed by atoms with Crippen molar-refractivity contribution in [3.05, 3.63) is 54.0 Å². The zero-order valence-electron chi connectivity index (χ0n) is 13.1. The van der Waals surface area contributed by atoms with Crippen LogP contribution in [0.15, 0.2) is 42.9 Å². The number of rotatable bonds is 2. The SMILES string of the molecule is FC(F)(F)c1cccc(C2CN(c3ncnc4[nH]ccc34)CCO2)c1. The molecule has 5 nitrogen and oxygen atoms in total. The first-order valence-electron chi connectivity index (χ1n) is 7.84. The van der Waals surface area contributed by atoms with Crippen LogP contribution in [-0.2, 0) is 10.9 Å². The van der Waals surface area contributed by atoms with Gasteiger partial charge in [-0.05, 0) is 23.8 Å². The van der Waals surface area contributed by atoms with Gasteiger partial charge in [0.1, 0.15) is 23.9 Å². The second-order valence-corrected chi connectivity index (χ2v) is 5.87. The Kier molecular flexibility index (Phi) is 3.84. The van der Waals surface area contributed by atoms with Crippen LogP contribution in [-0.4, -0.2) is 34.6 Å².